The zero-order valence-electron chi connectivity index (χ0n) is 13.7. The van der Waals surface area contributed by atoms with Crippen molar-refractivity contribution in [2.75, 3.05) is 0 Å². The Morgan fingerprint density at radius 1 is 1.24 bits per heavy atom. The van der Waals surface area contributed by atoms with Gasteiger partial charge in [0.2, 0.25) is 10.0 Å². The molecule has 0 aliphatic rings. The lowest BCUT2D eigenvalue weighted by Crippen LogP contribution is -2.30. The first-order valence-corrected chi connectivity index (χ1v) is 9.06. The average molecular weight is 359 g/mol. The largest absolute Gasteiger partial charge is 0.342 e. The number of nitrogens with two attached hydrogens (primary N) is 1. The van der Waals surface area contributed by atoms with Crippen LogP contribution >= 0.6 is 0 Å². The summed E-state index contributed by atoms with van der Waals surface area (Å²) in [7, 11) is -4.01. The number of nitrogens with zero attached hydrogens (tertiary/aromatic N) is 3. The molecule has 0 unspecified atom stereocenters. The van der Waals surface area contributed by atoms with Crippen molar-refractivity contribution in [2.24, 2.45) is 5.14 Å². The van der Waals surface area contributed by atoms with Crippen LogP contribution in [0.5, 0.6) is 0 Å². The number of pyridine rings is 1. The van der Waals surface area contributed by atoms with Gasteiger partial charge in [0, 0.05) is 6.20 Å². The molecule has 3 aromatic rings. The van der Waals surface area contributed by atoms with E-state index in [9.17, 15) is 13.2 Å². The van der Waals surface area contributed by atoms with Gasteiger partial charge < -0.3 is 5.32 Å². The van der Waals surface area contributed by atoms with Gasteiger partial charge >= 0.3 is 0 Å². The first-order valence-electron chi connectivity index (χ1n) is 7.51. The summed E-state index contributed by atoms with van der Waals surface area (Å²) in [4.78, 5) is 12.4. The number of hydrogen-bond acceptors (Lipinski definition) is 5. The van der Waals surface area contributed by atoms with E-state index in [4.69, 9.17) is 5.14 Å². The number of benzene rings is 1. The van der Waals surface area contributed by atoms with Crippen LogP contribution in [0, 0.1) is 6.92 Å². The lowest BCUT2D eigenvalue weighted by atomic mass is 10.1. The molecule has 1 aromatic carbocycles. The number of primary sulfonamides is 1. The molecule has 25 heavy (non-hydrogen) atoms. The summed E-state index contributed by atoms with van der Waals surface area (Å²) < 4.78 is 25.2. The number of amides is 1. The van der Waals surface area contributed by atoms with E-state index < -0.39 is 22.0 Å². The van der Waals surface area contributed by atoms with E-state index in [-0.39, 0.29) is 10.5 Å². The number of aryl methyl sites for hydroxylation is 1. The van der Waals surface area contributed by atoms with Crippen LogP contribution in [0.4, 0.5) is 0 Å². The second kappa shape index (κ2) is 6.26. The van der Waals surface area contributed by atoms with Gasteiger partial charge in [-0.25, -0.2) is 13.6 Å². The van der Waals surface area contributed by atoms with E-state index in [0.717, 1.165) is 5.56 Å². The molecule has 1 amide bonds. The van der Waals surface area contributed by atoms with Crippen molar-refractivity contribution in [2.45, 2.75) is 24.8 Å². The van der Waals surface area contributed by atoms with Crippen LogP contribution in [-0.2, 0) is 10.0 Å². The maximum atomic E-state index is 12.6. The molecule has 0 fully saturated rings. The topological polar surface area (TPSA) is 119 Å². The Hall–Kier alpha value is -2.78. The van der Waals surface area contributed by atoms with E-state index in [2.05, 4.69) is 15.5 Å². The molecule has 3 N–H and O–H groups in total. The molecule has 0 aliphatic heterocycles. The summed E-state index contributed by atoms with van der Waals surface area (Å²) in [5.74, 6) is -0.0123. The van der Waals surface area contributed by atoms with Crippen LogP contribution in [0.15, 0.2) is 47.5 Å². The summed E-state index contributed by atoms with van der Waals surface area (Å²) in [6.45, 7) is 3.51. The monoisotopic (exact) mass is 359 g/mol. The molecule has 2 aromatic heterocycles. The molecule has 0 aliphatic carbocycles. The molecular formula is C16H17N5O3S. The normalized spacial score (nSPS) is 12.9. The number of carbonyl (C=O) groups excluding carboxylic acids is 1. The van der Waals surface area contributed by atoms with Crippen LogP contribution in [0.3, 0.4) is 0 Å². The van der Waals surface area contributed by atoms with Crippen molar-refractivity contribution in [3.8, 4) is 0 Å². The van der Waals surface area contributed by atoms with Crippen molar-refractivity contribution in [3.05, 3.63) is 59.5 Å². The Bertz CT molecular complexity index is 1060. The molecule has 0 saturated heterocycles. The van der Waals surface area contributed by atoms with Crippen LogP contribution in [0.1, 0.15) is 34.7 Å². The maximum absolute atomic E-state index is 12.6. The summed E-state index contributed by atoms with van der Waals surface area (Å²) >= 11 is 0. The van der Waals surface area contributed by atoms with Crippen molar-refractivity contribution in [1.29, 1.82) is 0 Å². The predicted molar refractivity (Wildman–Crippen MR) is 91.4 cm³/mol. The number of aromatic nitrogens is 3. The number of rotatable bonds is 4. The molecule has 2 heterocycles. The van der Waals surface area contributed by atoms with Gasteiger partial charge in [-0.2, -0.15) is 0 Å². The quantitative estimate of drug-likeness (QED) is 0.725. The van der Waals surface area contributed by atoms with Crippen molar-refractivity contribution >= 4 is 21.6 Å². The Morgan fingerprint density at radius 3 is 2.72 bits per heavy atom. The molecule has 0 saturated carbocycles. The SMILES string of the molecule is Cc1ccc(S(N)(=O)=O)c(C(=O)N[C@@H](C)c2nnc3ccccn23)c1. The van der Waals surface area contributed by atoms with Crippen LogP contribution < -0.4 is 10.5 Å². The molecule has 0 spiro atoms. The van der Waals surface area contributed by atoms with E-state index in [1.165, 1.54) is 12.1 Å². The highest BCUT2D eigenvalue weighted by molar-refractivity contribution is 7.89. The van der Waals surface area contributed by atoms with Crippen LogP contribution in [0.2, 0.25) is 0 Å². The minimum atomic E-state index is -4.01. The molecule has 8 nitrogen and oxygen atoms in total. The van der Waals surface area contributed by atoms with Gasteiger partial charge in [-0.3, -0.25) is 9.20 Å². The third kappa shape index (κ3) is 3.37. The highest BCUT2D eigenvalue weighted by atomic mass is 32.2. The molecule has 1 atom stereocenters. The molecule has 9 heteroatoms. The molecule has 130 valence electrons. The fraction of sp³-hybridized carbons (Fsp3) is 0.188. The lowest BCUT2D eigenvalue weighted by molar-refractivity contribution is 0.0934. The summed E-state index contributed by atoms with van der Waals surface area (Å²) in [5.41, 5.74) is 1.40. The van der Waals surface area contributed by atoms with E-state index in [1.54, 1.807) is 36.6 Å². The van der Waals surface area contributed by atoms with Gasteiger partial charge in [0.15, 0.2) is 11.5 Å². The van der Waals surface area contributed by atoms with Gasteiger partial charge in [-0.15, -0.1) is 10.2 Å². The predicted octanol–water partition coefficient (Wildman–Crippen LogP) is 1.18. The Balaban J connectivity index is 1.94. The maximum Gasteiger partial charge on any atom is 0.253 e. The van der Waals surface area contributed by atoms with Gasteiger partial charge in [-0.05, 0) is 38.1 Å². The third-order valence-electron chi connectivity index (χ3n) is 3.76. The first kappa shape index (κ1) is 17.1. The number of fused-ring (bicyclic) bond motifs is 1. The van der Waals surface area contributed by atoms with Crippen LogP contribution in [0.25, 0.3) is 5.65 Å². The minimum absolute atomic E-state index is 0.00294. The van der Waals surface area contributed by atoms with Crippen molar-refractivity contribution in [1.82, 2.24) is 19.9 Å². The highest BCUT2D eigenvalue weighted by Crippen LogP contribution is 2.18. The smallest absolute Gasteiger partial charge is 0.253 e. The zero-order valence-corrected chi connectivity index (χ0v) is 14.5. The third-order valence-corrected chi connectivity index (χ3v) is 4.73. The van der Waals surface area contributed by atoms with Gasteiger partial charge in [0.05, 0.1) is 16.5 Å². The zero-order chi connectivity index (χ0) is 18.2. The number of hydrogen-bond donors (Lipinski definition) is 2. The summed E-state index contributed by atoms with van der Waals surface area (Å²) in [5, 5.41) is 16.1. The average Bonchev–Trinajstić information content (AvgIpc) is 2.97. The second-order valence-corrected chi connectivity index (χ2v) is 7.26. The highest BCUT2D eigenvalue weighted by Gasteiger charge is 2.22. The van der Waals surface area contributed by atoms with Crippen molar-refractivity contribution in [3.63, 3.8) is 0 Å². The lowest BCUT2D eigenvalue weighted by Gasteiger charge is -2.14. The van der Waals surface area contributed by atoms with Gasteiger partial charge in [0.1, 0.15) is 0 Å². The minimum Gasteiger partial charge on any atom is -0.342 e. The van der Waals surface area contributed by atoms with E-state index >= 15 is 0 Å². The Morgan fingerprint density at radius 2 is 2.00 bits per heavy atom. The summed E-state index contributed by atoms with van der Waals surface area (Å²) in [6, 6.07) is 9.38. The van der Waals surface area contributed by atoms with E-state index in [0.29, 0.717) is 11.5 Å². The second-order valence-electron chi connectivity index (χ2n) is 5.73. The van der Waals surface area contributed by atoms with Gasteiger partial charge in [-0.1, -0.05) is 17.7 Å². The first-order chi connectivity index (χ1) is 11.8. The Labute approximate surface area is 144 Å². The number of nitrogens with one attached hydrogen (secondary N) is 1. The molecule has 0 bridgehead atoms. The molecule has 0 radical (unpaired) electrons. The fourth-order valence-corrected chi connectivity index (χ4v) is 3.28. The van der Waals surface area contributed by atoms with Gasteiger partial charge in [0.25, 0.3) is 5.91 Å². The molecular weight excluding hydrogens is 342 g/mol. The molecule has 3 rings (SSSR count). The van der Waals surface area contributed by atoms with E-state index in [1.807, 2.05) is 12.1 Å². The summed E-state index contributed by atoms with van der Waals surface area (Å²) in [6.07, 6.45) is 1.79. The standard InChI is InChI=1S/C16H17N5O3S/c1-10-6-7-13(25(17,23)24)12(9-10)16(22)18-11(2)15-20-19-14-5-3-4-8-21(14)15/h3-9,11H,1-2H3,(H,18,22)(H2,17,23,24)/t11-/m0/s1. The fourth-order valence-electron chi connectivity index (χ4n) is 2.56. The van der Waals surface area contributed by atoms with Crippen molar-refractivity contribution < 1.29 is 13.2 Å². The Kier molecular flexibility index (Phi) is 4.27. The number of sulfonamides is 1. The van der Waals surface area contributed by atoms with Crippen LogP contribution in [-0.4, -0.2) is 28.9 Å². The number of carbonyl (C=O) groups is 1.